The average molecular weight is 223 g/mol. The Morgan fingerprint density at radius 3 is 2.44 bits per heavy atom. The van der Waals surface area contributed by atoms with Crippen molar-refractivity contribution in [2.75, 3.05) is 7.11 Å². The molecular weight excluding hydrogens is 206 g/mol. The first-order chi connectivity index (χ1) is 7.34. The normalized spacial score (nSPS) is 18.7. The smallest absolute Gasteiger partial charge is 0.191 e. The van der Waals surface area contributed by atoms with Crippen molar-refractivity contribution in [2.24, 2.45) is 0 Å². The van der Waals surface area contributed by atoms with Gasteiger partial charge in [-0.25, -0.2) is 0 Å². The van der Waals surface area contributed by atoms with Gasteiger partial charge in [0, 0.05) is 17.8 Å². The van der Waals surface area contributed by atoms with Crippen LogP contribution in [0.3, 0.4) is 0 Å². The minimum absolute atomic E-state index is 0.178. The van der Waals surface area contributed by atoms with Crippen molar-refractivity contribution in [1.82, 2.24) is 5.06 Å². The summed E-state index contributed by atoms with van der Waals surface area (Å²) in [5.41, 5.74) is -0.00922. The van der Waals surface area contributed by atoms with E-state index in [2.05, 4.69) is 0 Å². The van der Waals surface area contributed by atoms with E-state index >= 15 is 0 Å². The predicted octanol–water partition coefficient (Wildman–Crippen LogP) is 2.03. The van der Waals surface area contributed by atoms with Gasteiger partial charge in [0.1, 0.15) is 5.76 Å². The number of rotatable bonds is 2. The molecule has 16 heavy (non-hydrogen) atoms. The van der Waals surface area contributed by atoms with Gasteiger partial charge in [-0.1, -0.05) is 0 Å². The third kappa shape index (κ3) is 2.97. The number of hydroxylamine groups is 2. The quantitative estimate of drug-likeness (QED) is 0.575. The van der Waals surface area contributed by atoms with Crippen LogP contribution < -0.4 is 0 Å². The van der Waals surface area contributed by atoms with Crippen LogP contribution in [-0.4, -0.2) is 28.7 Å². The summed E-state index contributed by atoms with van der Waals surface area (Å²) < 4.78 is 4.93. The van der Waals surface area contributed by atoms with Crippen LogP contribution in [-0.2, 0) is 9.53 Å². The first-order valence-corrected chi connectivity index (χ1v) is 5.03. The lowest BCUT2D eigenvalue weighted by atomic mass is 10.0. The van der Waals surface area contributed by atoms with Crippen molar-refractivity contribution in [3.63, 3.8) is 0 Å². The Bertz CT molecular complexity index is 372. The number of methoxy groups -OCH3 is 1. The van der Waals surface area contributed by atoms with E-state index in [1.165, 1.54) is 19.4 Å². The molecule has 4 heteroatoms. The summed E-state index contributed by atoms with van der Waals surface area (Å²) >= 11 is 0. The fraction of sp³-hybridized carbons (Fsp3) is 0.417. The van der Waals surface area contributed by atoms with Crippen molar-refractivity contribution in [2.45, 2.75) is 26.3 Å². The molecule has 1 rings (SSSR count). The highest BCUT2D eigenvalue weighted by atomic mass is 16.5. The molecule has 0 bridgehead atoms. The van der Waals surface area contributed by atoms with E-state index in [4.69, 9.17) is 4.74 Å². The lowest BCUT2D eigenvalue weighted by Gasteiger charge is -2.28. The van der Waals surface area contributed by atoms with Crippen LogP contribution in [0.5, 0.6) is 0 Å². The first-order valence-electron chi connectivity index (χ1n) is 5.03. The zero-order chi connectivity index (χ0) is 12.3. The fourth-order valence-corrected chi connectivity index (χ4v) is 1.07. The van der Waals surface area contributed by atoms with E-state index < -0.39 is 5.54 Å². The summed E-state index contributed by atoms with van der Waals surface area (Å²) in [4.78, 5) is 11.6. The Labute approximate surface area is 95.5 Å². The fourth-order valence-electron chi connectivity index (χ4n) is 1.07. The van der Waals surface area contributed by atoms with E-state index in [0.717, 1.165) is 5.06 Å². The molecule has 1 N–H and O–H groups in total. The van der Waals surface area contributed by atoms with Crippen molar-refractivity contribution < 1.29 is 14.7 Å². The lowest BCUT2D eigenvalue weighted by Crippen LogP contribution is -2.34. The van der Waals surface area contributed by atoms with Gasteiger partial charge in [-0.05, 0) is 32.9 Å². The maximum atomic E-state index is 11.6. The SMILES string of the molecule is COC1=CC(=O)C(=CN(O)C(C)(C)C)C=C1. The Kier molecular flexibility index (Phi) is 3.55. The van der Waals surface area contributed by atoms with Gasteiger partial charge in [-0.2, -0.15) is 0 Å². The highest BCUT2D eigenvalue weighted by Gasteiger charge is 2.19. The Balaban J connectivity index is 2.86. The Hall–Kier alpha value is -1.55. The zero-order valence-electron chi connectivity index (χ0n) is 10.0. The number of ether oxygens (including phenoxy) is 1. The molecule has 0 aromatic heterocycles. The van der Waals surface area contributed by atoms with Crippen LogP contribution in [0.25, 0.3) is 0 Å². The number of carbonyl (C=O) groups excluding carboxylic acids is 1. The Morgan fingerprint density at radius 2 is 2.00 bits per heavy atom. The molecule has 0 spiro atoms. The summed E-state index contributed by atoms with van der Waals surface area (Å²) in [7, 11) is 1.51. The lowest BCUT2D eigenvalue weighted by molar-refractivity contribution is -0.116. The van der Waals surface area contributed by atoms with Gasteiger partial charge < -0.3 is 4.74 Å². The van der Waals surface area contributed by atoms with Crippen LogP contribution in [0, 0.1) is 0 Å². The summed E-state index contributed by atoms with van der Waals surface area (Å²) in [5.74, 6) is 0.338. The number of allylic oxidation sites excluding steroid dienone is 4. The molecule has 0 saturated heterocycles. The molecule has 0 heterocycles. The third-order valence-electron chi connectivity index (χ3n) is 2.17. The molecule has 1 aliphatic carbocycles. The van der Waals surface area contributed by atoms with Gasteiger partial charge in [-0.3, -0.25) is 15.1 Å². The van der Waals surface area contributed by atoms with Crippen LogP contribution in [0.2, 0.25) is 0 Å². The molecule has 0 atom stereocenters. The third-order valence-corrected chi connectivity index (χ3v) is 2.17. The first kappa shape index (κ1) is 12.5. The van der Waals surface area contributed by atoms with Crippen LogP contribution >= 0.6 is 0 Å². The number of carbonyl (C=O) groups is 1. The second-order valence-corrected chi connectivity index (χ2v) is 4.55. The molecule has 88 valence electrons. The van der Waals surface area contributed by atoms with Crippen molar-refractivity contribution >= 4 is 5.78 Å². The number of ketones is 1. The molecule has 0 fully saturated rings. The van der Waals surface area contributed by atoms with Gasteiger partial charge in [0.25, 0.3) is 0 Å². The Morgan fingerprint density at radius 1 is 1.38 bits per heavy atom. The second kappa shape index (κ2) is 4.53. The van der Waals surface area contributed by atoms with E-state index in [0.29, 0.717) is 11.3 Å². The predicted molar refractivity (Wildman–Crippen MR) is 60.7 cm³/mol. The van der Waals surface area contributed by atoms with Crippen LogP contribution in [0.1, 0.15) is 20.8 Å². The van der Waals surface area contributed by atoms with Gasteiger partial charge in [0.2, 0.25) is 0 Å². The van der Waals surface area contributed by atoms with E-state index in [1.807, 2.05) is 20.8 Å². The molecular formula is C12H17NO3. The van der Waals surface area contributed by atoms with E-state index in [9.17, 15) is 10.0 Å². The topological polar surface area (TPSA) is 49.8 Å². The van der Waals surface area contributed by atoms with Crippen molar-refractivity contribution in [1.29, 1.82) is 0 Å². The molecule has 0 radical (unpaired) electrons. The number of hydrogen-bond donors (Lipinski definition) is 1. The summed E-state index contributed by atoms with van der Waals surface area (Å²) in [5, 5.41) is 10.7. The molecule has 0 aromatic carbocycles. The molecule has 0 unspecified atom stereocenters. The average Bonchev–Trinajstić information content (AvgIpc) is 2.19. The van der Waals surface area contributed by atoms with Crippen molar-refractivity contribution in [3.8, 4) is 0 Å². The van der Waals surface area contributed by atoms with Crippen molar-refractivity contribution in [3.05, 3.63) is 35.8 Å². The molecule has 0 saturated carbocycles. The summed E-state index contributed by atoms with van der Waals surface area (Å²) in [6, 6.07) is 0. The number of hydrogen-bond acceptors (Lipinski definition) is 4. The van der Waals surface area contributed by atoms with Gasteiger partial charge in [0.05, 0.1) is 12.6 Å². The maximum absolute atomic E-state index is 11.6. The number of nitrogens with zero attached hydrogens (tertiary/aromatic N) is 1. The largest absolute Gasteiger partial charge is 0.497 e. The maximum Gasteiger partial charge on any atom is 0.191 e. The minimum Gasteiger partial charge on any atom is -0.497 e. The molecule has 1 aliphatic rings. The summed E-state index contributed by atoms with van der Waals surface area (Å²) in [6.07, 6.45) is 6.12. The van der Waals surface area contributed by atoms with E-state index in [-0.39, 0.29) is 5.78 Å². The summed E-state index contributed by atoms with van der Waals surface area (Å²) in [6.45, 7) is 5.53. The van der Waals surface area contributed by atoms with E-state index in [1.54, 1.807) is 12.2 Å². The van der Waals surface area contributed by atoms with Gasteiger partial charge in [-0.15, -0.1) is 0 Å². The zero-order valence-corrected chi connectivity index (χ0v) is 10.0. The highest BCUT2D eigenvalue weighted by molar-refractivity contribution is 6.07. The monoisotopic (exact) mass is 223 g/mol. The standard InChI is InChI=1S/C12H17NO3/c1-12(2,3)13(15)8-9-5-6-10(16-4)7-11(9)14/h5-8,15H,1-4H3. The van der Waals surface area contributed by atoms with Gasteiger partial charge in [0.15, 0.2) is 5.78 Å². The molecule has 4 nitrogen and oxygen atoms in total. The second-order valence-electron chi connectivity index (χ2n) is 4.55. The molecule has 0 aromatic rings. The minimum atomic E-state index is -0.438. The molecule has 0 aliphatic heterocycles. The highest BCUT2D eigenvalue weighted by Crippen LogP contribution is 2.17. The van der Waals surface area contributed by atoms with Crippen LogP contribution in [0.4, 0.5) is 0 Å². The van der Waals surface area contributed by atoms with Crippen LogP contribution in [0.15, 0.2) is 35.8 Å². The molecule has 0 amide bonds. The van der Waals surface area contributed by atoms with Gasteiger partial charge >= 0.3 is 0 Å².